The van der Waals surface area contributed by atoms with Gasteiger partial charge in [-0.2, -0.15) is 0 Å². The van der Waals surface area contributed by atoms with Crippen molar-refractivity contribution in [3.05, 3.63) is 95.3 Å². The van der Waals surface area contributed by atoms with Gasteiger partial charge in [-0.05, 0) is 42.8 Å². The Kier molecular flexibility index (Phi) is 5.79. The molecule has 1 heterocycles. The highest BCUT2D eigenvalue weighted by molar-refractivity contribution is 5.99. The maximum absolute atomic E-state index is 12.3. The van der Waals surface area contributed by atoms with Crippen LogP contribution in [0.2, 0.25) is 0 Å². The fourth-order valence-corrected chi connectivity index (χ4v) is 2.45. The number of nitrogens with one attached hydrogen (secondary N) is 2. The lowest BCUT2D eigenvalue weighted by Gasteiger charge is -2.10. The Balaban J connectivity index is 1.57. The van der Waals surface area contributed by atoms with Crippen molar-refractivity contribution in [3.63, 3.8) is 0 Å². The SMILES string of the molecule is Cc1cccc(COc2cccc(C(=O)NNC(=O)c3cccnc3)c2)c1. The topological polar surface area (TPSA) is 80.3 Å². The molecule has 0 aliphatic carbocycles. The average molecular weight is 361 g/mol. The summed E-state index contributed by atoms with van der Waals surface area (Å²) in [5, 5.41) is 0. The molecule has 0 atom stereocenters. The molecule has 0 unspecified atom stereocenters. The monoisotopic (exact) mass is 361 g/mol. The van der Waals surface area contributed by atoms with Crippen molar-refractivity contribution in [3.8, 4) is 5.75 Å². The Labute approximate surface area is 157 Å². The maximum Gasteiger partial charge on any atom is 0.271 e. The average Bonchev–Trinajstić information content (AvgIpc) is 2.71. The van der Waals surface area contributed by atoms with Crippen LogP contribution in [0, 0.1) is 6.92 Å². The second-order valence-corrected chi connectivity index (χ2v) is 5.96. The number of carbonyl (C=O) groups is 2. The summed E-state index contributed by atoms with van der Waals surface area (Å²) in [6, 6.07) is 18.1. The number of amides is 2. The Bertz CT molecular complexity index is 942. The largest absolute Gasteiger partial charge is 0.489 e. The predicted molar refractivity (Wildman–Crippen MR) is 101 cm³/mol. The van der Waals surface area contributed by atoms with Crippen LogP contribution in [0.4, 0.5) is 0 Å². The molecule has 3 rings (SSSR count). The molecule has 0 saturated heterocycles. The van der Waals surface area contributed by atoms with Crippen molar-refractivity contribution >= 4 is 11.8 Å². The summed E-state index contributed by atoms with van der Waals surface area (Å²) in [6.07, 6.45) is 2.98. The molecule has 0 saturated carbocycles. The molecule has 2 N–H and O–H groups in total. The van der Waals surface area contributed by atoms with Gasteiger partial charge in [-0.3, -0.25) is 25.4 Å². The number of aryl methyl sites for hydroxylation is 1. The fourth-order valence-electron chi connectivity index (χ4n) is 2.45. The van der Waals surface area contributed by atoms with E-state index in [4.69, 9.17) is 4.74 Å². The normalized spacial score (nSPS) is 10.1. The molecule has 3 aromatic rings. The minimum atomic E-state index is -0.441. The lowest BCUT2D eigenvalue weighted by molar-refractivity contribution is 0.0846. The summed E-state index contributed by atoms with van der Waals surface area (Å²) in [6.45, 7) is 2.43. The summed E-state index contributed by atoms with van der Waals surface area (Å²) in [5.41, 5.74) is 7.69. The summed E-state index contributed by atoms with van der Waals surface area (Å²) < 4.78 is 5.76. The van der Waals surface area contributed by atoms with E-state index in [1.54, 1.807) is 42.6 Å². The molecule has 2 amide bonds. The molecule has 6 heteroatoms. The summed E-state index contributed by atoms with van der Waals surface area (Å²) in [4.78, 5) is 28.1. The minimum Gasteiger partial charge on any atom is -0.489 e. The molecule has 0 aliphatic heterocycles. The zero-order valence-electron chi connectivity index (χ0n) is 14.8. The number of hydrogen-bond donors (Lipinski definition) is 2. The van der Waals surface area contributed by atoms with Crippen LogP contribution in [0.5, 0.6) is 5.75 Å². The minimum absolute atomic E-state index is 0.355. The number of ether oxygens (including phenoxy) is 1. The highest BCUT2D eigenvalue weighted by atomic mass is 16.5. The predicted octanol–water partition coefficient (Wildman–Crippen LogP) is 3.04. The number of pyridine rings is 1. The van der Waals surface area contributed by atoms with Crippen LogP contribution in [-0.2, 0) is 6.61 Å². The molecule has 0 radical (unpaired) electrons. The van der Waals surface area contributed by atoms with Crippen molar-refractivity contribution < 1.29 is 14.3 Å². The molecule has 27 heavy (non-hydrogen) atoms. The van der Waals surface area contributed by atoms with Gasteiger partial charge in [0.05, 0.1) is 5.56 Å². The van der Waals surface area contributed by atoms with Gasteiger partial charge >= 0.3 is 0 Å². The van der Waals surface area contributed by atoms with Crippen molar-refractivity contribution in [1.29, 1.82) is 0 Å². The molecule has 0 spiro atoms. The van der Waals surface area contributed by atoms with Crippen LogP contribution in [-0.4, -0.2) is 16.8 Å². The molecular formula is C21H19N3O3. The molecule has 0 aliphatic rings. The third-order valence-corrected chi connectivity index (χ3v) is 3.80. The van der Waals surface area contributed by atoms with E-state index < -0.39 is 11.8 Å². The molecule has 136 valence electrons. The van der Waals surface area contributed by atoms with E-state index >= 15 is 0 Å². The molecule has 6 nitrogen and oxygen atoms in total. The van der Waals surface area contributed by atoms with Crippen LogP contribution < -0.4 is 15.6 Å². The zero-order chi connectivity index (χ0) is 19.1. The van der Waals surface area contributed by atoms with Crippen LogP contribution in [0.1, 0.15) is 31.8 Å². The van der Waals surface area contributed by atoms with Gasteiger partial charge in [0.1, 0.15) is 12.4 Å². The third-order valence-electron chi connectivity index (χ3n) is 3.80. The second kappa shape index (κ2) is 8.62. The summed E-state index contributed by atoms with van der Waals surface area (Å²) in [5.74, 6) is -0.306. The van der Waals surface area contributed by atoms with Gasteiger partial charge < -0.3 is 4.74 Å². The summed E-state index contributed by atoms with van der Waals surface area (Å²) in [7, 11) is 0. The molecule has 0 fully saturated rings. The number of benzene rings is 2. The quantitative estimate of drug-likeness (QED) is 0.685. The second-order valence-electron chi connectivity index (χ2n) is 5.96. The fraction of sp³-hybridized carbons (Fsp3) is 0.0952. The molecular weight excluding hydrogens is 342 g/mol. The lowest BCUT2D eigenvalue weighted by atomic mass is 10.1. The first-order chi connectivity index (χ1) is 13.1. The third kappa shape index (κ3) is 5.15. The van der Waals surface area contributed by atoms with Crippen molar-refractivity contribution in [2.24, 2.45) is 0 Å². The van der Waals surface area contributed by atoms with Crippen molar-refractivity contribution in [1.82, 2.24) is 15.8 Å². The lowest BCUT2D eigenvalue weighted by Crippen LogP contribution is -2.41. The van der Waals surface area contributed by atoms with Gasteiger partial charge in [0, 0.05) is 18.0 Å². The van der Waals surface area contributed by atoms with Crippen molar-refractivity contribution in [2.45, 2.75) is 13.5 Å². The first-order valence-electron chi connectivity index (χ1n) is 8.41. The molecule has 2 aromatic carbocycles. The number of hydrogen-bond acceptors (Lipinski definition) is 4. The highest BCUT2D eigenvalue weighted by Crippen LogP contribution is 2.15. The number of rotatable bonds is 5. The van der Waals surface area contributed by atoms with E-state index in [2.05, 4.69) is 15.8 Å². The van der Waals surface area contributed by atoms with E-state index in [0.29, 0.717) is 23.5 Å². The van der Waals surface area contributed by atoms with E-state index in [0.717, 1.165) is 11.1 Å². The smallest absolute Gasteiger partial charge is 0.271 e. The van der Waals surface area contributed by atoms with Gasteiger partial charge in [-0.25, -0.2) is 0 Å². The maximum atomic E-state index is 12.3. The van der Waals surface area contributed by atoms with Crippen LogP contribution in [0.25, 0.3) is 0 Å². The van der Waals surface area contributed by atoms with E-state index in [1.807, 2.05) is 31.2 Å². The van der Waals surface area contributed by atoms with E-state index in [1.165, 1.54) is 6.20 Å². The highest BCUT2D eigenvalue weighted by Gasteiger charge is 2.10. The van der Waals surface area contributed by atoms with Gasteiger partial charge in [-0.15, -0.1) is 0 Å². The Morgan fingerprint density at radius 3 is 2.41 bits per heavy atom. The first-order valence-corrected chi connectivity index (χ1v) is 8.41. The standard InChI is InChI=1S/C21H19N3O3/c1-15-5-2-6-16(11-15)14-27-19-9-3-7-17(12-19)20(25)23-24-21(26)18-8-4-10-22-13-18/h2-13H,14H2,1H3,(H,23,25)(H,24,26). The van der Waals surface area contributed by atoms with Gasteiger partial charge in [-0.1, -0.05) is 35.9 Å². The van der Waals surface area contributed by atoms with Crippen molar-refractivity contribution in [2.75, 3.05) is 0 Å². The molecule has 1 aromatic heterocycles. The van der Waals surface area contributed by atoms with Crippen LogP contribution in [0.3, 0.4) is 0 Å². The van der Waals surface area contributed by atoms with Crippen LogP contribution in [0.15, 0.2) is 73.1 Å². The zero-order valence-corrected chi connectivity index (χ0v) is 14.8. The Morgan fingerprint density at radius 2 is 1.67 bits per heavy atom. The van der Waals surface area contributed by atoms with Gasteiger partial charge in [0.2, 0.25) is 0 Å². The van der Waals surface area contributed by atoms with E-state index in [-0.39, 0.29) is 0 Å². The Morgan fingerprint density at radius 1 is 0.926 bits per heavy atom. The summed E-state index contributed by atoms with van der Waals surface area (Å²) >= 11 is 0. The Hall–Kier alpha value is -3.67. The van der Waals surface area contributed by atoms with Gasteiger partial charge in [0.15, 0.2) is 0 Å². The van der Waals surface area contributed by atoms with E-state index in [9.17, 15) is 9.59 Å². The number of nitrogens with zero attached hydrogens (tertiary/aromatic N) is 1. The first kappa shape index (κ1) is 18.1. The van der Waals surface area contributed by atoms with Gasteiger partial charge in [0.25, 0.3) is 11.8 Å². The molecule has 0 bridgehead atoms. The number of carbonyl (C=O) groups excluding carboxylic acids is 2. The number of hydrazine groups is 1. The van der Waals surface area contributed by atoms with Crippen LogP contribution >= 0.6 is 0 Å². The number of aromatic nitrogens is 1.